The van der Waals surface area contributed by atoms with Crippen LogP contribution in [0.1, 0.15) is 33.1 Å². The van der Waals surface area contributed by atoms with Crippen molar-refractivity contribution in [1.82, 2.24) is 10.2 Å². The summed E-state index contributed by atoms with van der Waals surface area (Å²) in [6.07, 6.45) is 4.32. The molecule has 1 aliphatic carbocycles. The third-order valence-corrected chi connectivity index (χ3v) is 3.96. The molecule has 1 N–H and O–H groups in total. The molecule has 0 aromatic carbocycles. The average molecular weight is 212 g/mol. The van der Waals surface area contributed by atoms with Crippen LogP contribution < -0.4 is 5.32 Å². The van der Waals surface area contributed by atoms with Gasteiger partial charge in [-0.25, -0.2) is 0 Å². The van der Waals surface area contributed by atoms with Crippen molar-refractivity contribution >= 4 is 0 Å². The predicted molar refractivity (Wildman–Crippen MR) is 67.1 cm³/mol. The highest BCUT2D eigenvalue weighted by atomic mass is 15.1. The van der Waals surface area contributed by atoms with Crippen molar-refractivity contribution in [2.75, 3.05) is 27.7 Å². The van der Waals surface area contributed by atoms with E-state index in [1.54, 1.807) is 0 Å². The Labute approximate surface area is 95.4 Å². The second-order valence-corrected chi connectivity index (χ2v) is 5.61. The summed E-state index contributed by atoms with van der Waals surface area (Å²) in [5, 5.41) is 3.36. The molecule has 1 saturated carbocycles. The van der Waals surface area contributed by atoms with Gasteiger partial charge in [0.1, 0.15) is 0 Å². The van der Waals surface area contributed by atoms with Crippen molar-refractivity contribution in [2.45, 2.75) is 39.2 Å². The van der Waals surface area contributed by atoms with Crippen LogP contribution in [0.2, 0.25) is 0 Å². The molecule has 2 atom stereocenters. The summed E-state index contributed by atoms with van der Waals surface area (Å²) in [4.78, 5) is 2.45. The number of rotatable bonds is 6. The highest BCUT2D eigenvalue weighted by molar-refractivity contribution is 4.89. The van der Waals surface area contributed by atoms with Crippen LogP contribution >= 0.6 is 0 Å². The quantitative estimate of drug-likeness (QED) is 0.726. The lowest BCUT2D eigenvalue weighted by Gasteiger charge is -2.44. The minimum atomic E-state index is 0.769. The maximum atomic E-state index is 3.36. The van der Waals surface area contributed by atoms with E-state index in [9.17, 15) is 0 Å². The fraction of sp³-hybridized carbons (Fsp3) is 1.00. The average Bonchev–Trinajstić information content (AvgIpc) is 2.06. The third-order valence-electron chi connectivity index (χ3n) is 3.96. The third kappa shape index (κ3) is 3.18. The van der Waals surface area contributed by atoms with Crippen molar-refractivity contribution in [3.8, 4) is 0 Å². The lowest BCUT2D eigenvalue weighted by Crippen LogP contribution is -2.48. The van der Waals surface area contributed by atoms with Crippen molar-refractivity contribution in [1.29, 1.82) is 0 Å². The Morgan fingerprint density at radius 1 is 1.27 bits per heavy atom. The topological polar surface area (TPSA) is 15.3 Å². The number of nitrogens with one attached hydrogen (secondary N) is 1. The summed E-state index contributed by atoms with van der Waals surface area (Å²) in [7, 11) is 6.56. The lowest BCUT2D eigenvalue weighted by molar-refractivity contribution is 0.0684. The van der Waals surface area contributed by atoms with Gasteiger partial charge in [-0.2, -0.15) is 0 Å². The molecule has 0 saturated heterocycles. The smallest absolute Gasteiger partial charge is 0.0160 e. The number of nitrogens with zero attached hydrogens (tertiary/aromatic N) is 1. The zero-order valence-electron chi connectivity index (χ0n) is 11.1. The first-order valence-corrected chi connectivity index (χ1v) is 6.39. The molecule has 2 heteroatoms. The summed E-state index contributed by atoms with van der Waals surface area (Å²) >= 11 is 0. The minimum Gasteiger partial charge on any atom is -0.319 e. The maximum absolute atomic E-state index is 3.36. The van der Waals surface area contributed by atoms with Crippen LogP contribution in [0.5, 0.6) is 0 Å². The fourth-order valence-electron chi connectivity index (χ4n) is 2.92. The molecule has 0 radical (unpaired) electrons. The van der Waals surface area contributed by atoms with Gasteiger partial charge < -0.3 is 10.2 Å². The first kappa shape index (κ1) is 13.0. The summed E-state index contributed by atoms with van der Waals surface area (Å²) < 4.78 is 0. The molecular weight excluding hydrogens is 184 g/mol. The van der Waals surface area contributed by atoms with E-state index in [2.05, 4.69) is 45.2 Å². The molecule has 0 aliphatic heterocycles. The van der Waals surface area contributed by atoms with Crippen LogP contribution in [0.15, 0.2) is 0 Å². The molecule has 0 amide bonds. The monoisotopic (exact) mass is 212 g/mol. The van der Waals surface area contributed by atoms with E-state index in [0.29, 0.717) is 0 Å². The zero-order chi connectivity index (χ0) is 11.4. The summed E-state index contributed by atoms with van der Waals surface area (Å²) in [5.74, 6) is 2.50. The van der Waals surface area contributed by atoms with Gasteiger partial charge in [-0.05, 0) is 58.3 Å². The maximum Gasteiger partial charge on any atom is 0.0160 e. The van der Waals surface area contributed by atoms with Crippen LogP contribution in [-0.4, -0.2) is 38.6 Å². The normalized spacial score (nSPS) is 21.8. The van der Waals surface area contributed by atoms with Crippen molar-refractivity contribution in [3.63, 3.8) is 0 Å². The molecule has 0 bridgehead atoms. The van der Waals surface area contributed by atoms with E-state index in [-0.39, 0.29) is 0 Å². The Kier molecular flexibility index (Phi) is 5.07. The van der Waals surface area contributed by atoms with E-state index in [0.717, 1.165) is 30.3 Å². The van der Waals surface area contributed by atoms with Gasteiger partial charge in [0, 0.05) is 6.04 Å². The van der Waals surface area contributed by atoms with Crippen LogP contribution in [0.3, 0.4) is 0 Å². The van der Waals surface area contributed by atoms with E-state index < -0.39 is 0 Å². The second kappa shape index (κ2) is 5.86. The molecule has 1 aliphatic rings. The highest BCUT2D eigenvalue weighted by Crippen LogP contribution is 2.36. The van der Waals surface area contributed by atoms with Gasteiger partial charge in [-0.3, -0.25) is 0 Å². The molecule has 1 rings (SSSR count). The molecular formula is C13H28N2. The summed E-state index contributed by atoms with van der Waals surface area (Å²) in [6.45, 7) is 5.87. The van der Waals surface area contributed by atoms with Crippen molar-refractivity contribution in [3.05, 3.63) is 0 Å². The van der Waals surface area contributed by atoms with Gasteiger partial charge >= 0.3 is 0 Å². The van der Waals surface area contributed by atoms with Crippen molar-refractivity contribution < 1.29 is 0 Å². The van der Waals surface area contributed by atoms with Gasteiger partial charge in [0.2, 0.25) is 0 Å². The SMILES string of the molecule is CNCC(C(C)C)C(C1CCC1)N(C)C. The molecule has 0 spiro atoms. The lowest BCUT2D eigenvalue weighted by atomic mass is 9.71. The van der Waals surface area contributed by atoms with Crippen LogP contribution in [0.4, 0.5) is 0 Å². The first-order chi connectivity index (χ1) is 7.07. The molecule has 2 unspecified atom stereocenters. The fourth-order valence-corrected chi connectivity index (χ4v) is 2.92. The van der Waals surface area contributed by atoms with Gasteiger partial charge in [-0.15, -0.1) is 0 Å². The van der Waals surface area contributed by atoms with Gasteiger partial charge in [0.15, 0.2) is 0 Å². The Balaban J connectivity index is 2.64. The Bertz CT molecular complexity index is 173. The summed E-state index contributed by atoms with van der Waals surface area (Å²) in [6, 6.07) is 0.770. The van der Waals surface area contributed by atoms with E-state index in [1.165, 1.54) is 19.3 Å². The van der Waals surface area contributed by atoms with Crippen molar-refractivity contribution in [2.24, 2.45) is 17.8 Å². The van der Waals surface area contributed by atoms with Crippen LogP contribution in [0.25, 0.3) is 0 Å². The molecule has 0 aromatic rings. The minimum absolute atomic E-state index is 0.769. The molecule has 2 nitrogen and oxygen atoms in total. The molecule has 1 fully saturated rings. The highest BCUT2D eigenvalue weighted by Gasteiger charge is 2.35. The van der Waals surface area contributed by atoms with E-state index in [1.807, 2.05) is 0 Å². The Morgan fingerprint density at radius 2 is 1.87 bits per heavy atom. The van der Waals surface area contributed by atoms with Gasteiger partial charge in [0.05, 0.1) is 0 Å². The molecule has 90 valence electrons. The number of hydrogen-bond donors (Lipinski definition) is 1. The number of hydrogen-bond acceptors (Lipinski definition) is 2. The van der Waals surface area contributed by atoms with Gasteiger partial charge in [-0.1, -0.05) is 20.3 Å². The van der Waals surface area contributed by atoms with Gasteiger partial charge in [0.25, 0.3) is 0 Å². The molecule has 0 heterocycles. The standard InChI is InChI=1S/C13H28N2/c1-10(2)12(9-14-3)13(15(4)5)11-7-6-8-11/h10-14H,6-9H2,1-5H3. The summed E-state index contributed by atoms with van der Waals surface area (Å²) in [5.41, 5.74) is 0. The zero-order valence-corrected chi connectivity index (χ0v) is 11.1. The molecule has 0 aromatic heterocycles. The Morgan fingerprint density at radius 3 is 2.13 bits per heavy atom. The van der Waals surface area contributed by atoms with E-state index >= 15 is 0 Å². The molecule has 15 heavy (non-hydrogen) atoms. The Hall–Kier alpha value is -0.0800. The van der Waals surface area contributed by atoms with Crippen LogP contribution in [-0.2, 0) is 0 Å². The van der Waals surface area contributed by atoms with E-state index in [4.69, 9.17) is 0 Å². The largest absolute Gasteiger partial charge is 0.319 e. The second-order valence-electron chi connectivity index (χ2n) is 5.61. The predicted octanol–water partition coefficient (Wildman–Crippen LogP) is 2.21. The van der Waals surface area contributed by atoms with Crippen LogP contribution in [0, 0.1) is 17.8 Å². The first-order valence-electron chi connectivity index (χ1n) is 6.39.